The predicted molar refractivity (Wildman–Crippen MR) is 62.4 cm³/mol. The van der Waals surface area contributed by atoms with Crippen molar-refractivity contribution in [3.63, 3.8) is 0 Å². The largest absolute Gasteiger partial charge is 0.466 e. The summed E-state index contributed by atoms with van der Waals surface area (Å²) in [5.74, 6) is 0.164. The van der Waals surface area contributed by atoms with E-state index in [2.05, 4.69) is 4.90 Å². The number of rotatable bonds is 4. The minimum atomic E-state index is -0.127. The summed E-state index contributed by atoms with van der Waals surface area (Å²) in [5, 5.41) is 0. The van der Waals surface area contributed by atoms with E-state index in [0.29, 0.717) is 31.4 Å². The Kier molecular flexibility index (Phi) is 3.99. The SMILES string of the molecule is CCOC(=O)CCN1CCN2C(=O)CCC2C1. The molecule has 2 aliphatic heterocycles. The number of esters is 1. The number of hydrogen-bond acceptors (Lipinski definition) is 4. The third kappa shape index (κ3) is 2.97. The molecule has 0 N–H and O–H groups in total. The minimum Gasteiger partial charge on any atom is -0.466 e. The van der Waals surface area contributed by atoms with Crippen molar-refractivity contribution in [1.82, 2.24) is 9.80 Å². The molecule has 0 spiro atoms. The van der Waals surface area contributed by atoms with Crippen molar-refractivity contribution in [2.75, 3.05) is 32.8 Å². The van der Waals surface area contributed by atoms with Gasteiger partial charge < -0.3 is 9.64 Å². The van der Waals surface area contributed by atoms with Gasteiger partial charge in [0.1, 0.15) is 0 Å². The van der Waals surface area contributed by atoms with E-state index in [1.165, 1.54) is 0 Å². The van der Waals surface area contributed by atoms with Crippen LogP contribution < -0.4 is 0 Å². The molecule has 0 aliphatic carbocycles. The van der Waals surface area contributed by atoms with Gasteiger partial charge in [0.05, 0.1) is 13.0 Å². The van der Waals surface area contributed by atoms with Crippen LogP contribution in [0.3, 0.4) is 0 Å². The van der Waals surface area contributed by atoms with Crippen LogP contribution in [0.15, 0.2) is 0 Å². The van der Waals surface area contributed by atoms with E-state index < -0.39 is 0 Å². The maximum absolute atomic E-state index is 11.5. The fourth-order valence-electron chi connectivity index (χ4n) is 2.61. The Labute approximate surface area is 102 Å². The van der Waals surface area contributed by atoms with E-state index >= 15 is 0 Å². The first-order chi connectivity index (χ1) is 8.20. The van der Waals surface area contributed by atoms with Gasteiger partial charge in [-0.15, -0.1) is 0 Å². The summed E-state index contributed by atoms with van der Waals surface area (Å²) in [4.78, 5) is 27.0. The van der Waals surface area contributed by atoms with E-state index in [1.54, 1.807) is 0 Å². The summed E-state index contributed by atoms with van der Waals surface area (Å²) in [6.07, 6.45) is 2.11. The lowest BCUT2D eigenvalue weighted by molar-refractivity contribution is -0.144. The predicted octanol–water partition coefficient (Wildman–Crippen LogP) is 0.246. The molecule has 2 heterocycles. The molecule has 1 amide bonds. The maximum Gasteiger partial charge on any atom is 0.307 e. The van der Waals surface area contributed by atoms with Gasteiger partial charge in [0.2, 0.25) is 5.91 Å². The van der Waals surface area contributed by atoms with Crippen molar-refractivity contribution >= 4 is 11.9 Å². The third-order valence-electron chi connectivity index (χ3n) is 3.52. The van der Waals surface area contributed by atoms with Crippen LogP contribution in [0, 0.1) is 0 Å². The number of hydrogen-bond donors (Lipinski definition) is 0. The molecular weight excluding hydrogens is 220 g/mol. The quantitative estimate of drug-likeness (QED) is 0.661. The number of carbonyl (C=O) groups excluding carboxylic acids is 2. The second kappa shape index (κ2) is 5.49. The Morgan fingerprint density at radius 2 is 2.29 bits per heavy atom. The molecule has 0 aromatic rings. The van der Waals surface area contributed by atoms with E-state index in [4.69, 9.17) is 4.74 Å². The number of fused-ring (bicyclic) bond motifs is 1. The Morgan fingerprint density at radius 3 is 3.06 bits per heavy atom. The Bertz CT molecular complexity index is 306. The summed E-state index contributed by atoms with van der Waals surface area (Å²) in [6, 6.07) is 0.374. The van der Waals surface area contributed by atoms with Gasteiger partial charge in [-0.2, -0.15) is 0 Å². The van der Waals surface area contributed by atoms with Crippen molar-refractivity contribution in [2.45, 2.75) is 32.2 Å². The smallest absolute Gasteiger partial charge is 0.307 e. The number of ether oxygens (including phenoxy) is 1. The van der Waals surface area contributed by atoms with Gasteiger partial charge >= 0.3 is 5.97 Å². The molecule has 0 radical (unpaired) electrons. The average molecular weight is 240 g/mol. The zero-order chi connectivity index (χ0) is 12.3. The van der Waals surface area contributed by atoms with E-state index in [1.807, 2.05) is 11.8 Å². The van der Waals surface area contributed by atoms with E-state index in [0.717, 1.165) is 32.6 Å². The third-order valence-corrected chi connectivity index (χ3v) is 3.52. The monoisotopic (exact) mass is 240 g/mol. The van der Waals surface area contributed by atoms with Gasteiger partial charge in [-0.05, 0) is 13.3 Å². The first-order valence-corrected chi connectivity index (χ1v) is 6.38. The van der Waals surface area contributed by atoms with Gasteiger partial charge in [-0.3, -0.25) is 14.5 Å². The minimum absolute atomic E-state index is 0.127. The summed E-state index contributed by atoms with van der Waals surface area (Å²) >= 11 is 0. The van der Waals surface area contributed by atoms with Crippen LogP contribution in [0.1, 0.15) is 26.2 Å². The maximum atomic E-state index is 11.5. The highest BCUT2D eigenvalue weighted by Gasteiger charge is 2.35. The van der Waals surface area contributed by atoms with Gasteiger partial charge in [-0.25, -0.2) is 0 Å². The zero-order valence-corrected chi connectivity index (χ0v) is 10.4. The summed E-state index contributed by atoms with van der Waals surface area (Å²) in [7, 11) is 0. The van der Waals surface area contributed by atoms with Crippen LogP contribution in [0.25, 0.3) is 0 Å². The summed E-state index contributed by atoms with van der Waals surface area (Å²) < 4.78 is 4.91. The number of amides is 1. The lowest BCUT2D eigenvalue weighted by Gasteiger charge is -2.37. The fourth-order valence-corrected chi connectivity index (χ4v) is 2.61. The van der Waals surface area contributed by atoms with Crippen molar-refractivity contribution < 1.29 is 14.3 Å². The molecular formula is C12H20N2O3. The number of piperazine rings is 1. The Hall–Kier alpha value is -1.10. The zero-order valence-electron chi connectivity index (χ0n) is 10.4. The number of carbonyl (C=O) groups is 2. The lowest BCUT2D eigenvalue weighted by atomic mass is 10.1. The molecule has 2 aliphatic rings. The van der Waals surface area contributed by atoms with E-state index in [-0.39, 0.29) is 5.97 Å². The molecule has 0 bridgehead atoms. The Balaban J connectivity index is 1.74. The van der Waals surface area contributed by atoms with Crippen LogP contribution in [0.2, 0.25) is 0 Å². The molecule has 0 saturated carbocycles. The molecule has 1 atom stereocenters. The van der Waals surface area contributed by atoms with Crippen molar-refractivity contribution in [1.29, 1.82) is 0 Å². The second-order valence-corrected chi connectivity index (χ2v) is 4.64. The Morgan fingerprint density at radius 1 is 1.47 bits per heavy atom. The van der Waals surface area contributed by atoms with Crippen molar-refractivity contribution in [3.8, 4) is 0 Å². The van der Waals surface area contributed by atoms with Crippen LogP contribution in [0.4, 0.5) is 0 Å². The summed E-state index contributed by atoms with van der Waals surface area (Å²) in [5.41, 5.74) is 0. The second-order valence-electron chi connectivity index (χ2n) is 4.64. The normalized spacial score (nSPS) is 24.9. The molecule has 1 unspecified atom stereocenters. The van der Waals surface area contributed by atoms with Crippen LogP contribution in [0.5, 0.6) is 0 Å². The molecule has 5 nitrogen and oxygen atoms in total. The highest BCUT2D eigenvalue weighted by atomic mass is 16.5. The van der Waals surface area contributed by atoms with Gasteiger partial charge in [-0.1, -0.05) is 0 Å². The average Bonchev–Trinajstić information content (AvgIpc) is 2.69. The molecule has 96 valence electrons. The molecule has 2 saturated heterocycles. The topological polar surface area (TPSA) is 49.9 Å². The van der Waals surface area contributed by atoms with Crippen molar-refractivity contribution in [2.24, 2.45) is 0 Å². The molecule has 5 heteroatoms. The first-order valence-electron chi connectivity index (χ1n) is 6.38. The first kappa shape index (κ1) is 12.4. The van der Waals surface area contributed by atoms with E-state index in [9.17, 15) is 9.59 Å². The standard InChI is InChI=1S/C12H20N2O3/c1-2-17-12(16)5-6-13-7-8-14-10(9-13)3-4-11(14)15/h10H,2-9H2,1H3. The molecule has 2 rings (SSSR count). The highest BCUT2D eigenvalue weighted by molar-refractivity contribution is 5.79. The fraction of sp³-hybridized carbons (Fsp3) is 0.833. The highest BCUT2D eigenvalue weighted by Crippen LogP contribution is 2.22. The van der Waals surface area contributed by atoms with Gasteiger partial charge in [0.15, 0.2) is 0 Å². The van der Waals surface area contributed by atoms with Gasteiger partial charge in [0.25, 0.3) is 0 Å². The van der Waals surface area contributed by atoms with Crippen molar-refractivity contribution in [3.05, 3.63) is 0 Å². The van der Waals surface area contributed by atoms with Crippen LogP contribution in [-0.2, 0) is 14.3 Å². The molecule has 0 aromatic heterocycles. The lowest BCUT2D eigenvalue weighted by Crippen LogP contribution is -2.51. The number of nitrogens with zero attached hydrogens (tertiary/aromatic N) is 2. The summed E-state index contributed by atoms with van der Waals surface area (Å²) in [6.45, 7) is 5.61. The molecule has 17 heavy (non-hydrogen) atoms. The van der Waals surface area contributed by atoms with Crippen LogP contribution >= 0.6 is 0 Å². The molecule has 2 fully saturated rings. The molecule has 0 aromatic carbocycles. The van der Waals surface area contributed by atoms with Crippen LogP contribution in [-0.4, -0.2) is 60.5 Å². The van der Waals surface area contributed by atoms with Gasteiger partial charge in [0, 0.05) is 38.6 Å².